The maximum atomic E-state index is 13.6. The number of hydrogen-bond donors (Lipinski definition) is 4. The molecule has 1 aromatic heterocycles. The molecule has 0 spiro atoms. The van der Waals surface area contributed by atoms with Crippen molar-refractivity contribution < 1.29 is 28.7 Å². The van der Waals surface area contributed by atoms with Gasteiger partial charge >= 0.3 is 0 Å². The Bertz CT molecular complexity index is 1570. The van der Waals surface area contributed by atoms with Gasteiger partial charge in [-0.25, -0.2) is 0 Å². The molecule has 0 fully saturated rings. The van der Waals surface area contributed by atoms with Crippen molar-refractivity contribution in [3.8, 4) is 0 Å². The predicted octanol–water partition coefficient (Wildman–Crippen LogP) is 3.69. The number of aromatic nitrogens is 1. The summed E-state index contributed by atoms with van der Waals surface area (Å²) < 4.78 is 5.48. The minimum atomic E-state index is -0.870. The molecule has 1 aliphatic heterocycles. The number of H-pyrrole nitrogens is 1. The lowest BCUT2D eigenvalue weighted by atomic mass is 9.98. The zero-order valence-corrected chi connectivity index (χ0v) is 31.2. The van der Waals surface area contributed by atoms with Gasteiger partial charge < -0.3 is 25.7 Å². The number of nitrogens with zero attached hydrogens (tertiary/aromatic N) is 2. The lowest BCUT2D eigenvalue weighted by Gasteiger charge is -2.30. The number of hydrogen-bond acceptors (Lipinski definition) is 7. The van der Waals surface area contributed by atoms with Crippen LogP contribution in [0.4, 0.5) is 0 Å². The molecule has 0 radical (unpaired) electrons. The van der Waals surface area contributed by atoms with Gasteiger partial charge in [-0.2, -0.15) is 0 Å². The third-order valence-corrected chi connectivity index (χ3v) is 8.70. The Hall–Kier alpha value is -4.45. The van der Waals surface area contributed by atoms with Gasteiger partial charge in [0.25, 0.3) is 11.8 Å². The molecule has 274 valence electrons. The van der Waals surface area contributed by atoms with Crippen LogP contribution < -0.4 is 16.0 Å². The van der Waals surface area contributed by atoms with Crippen LogP contribution in [0.3, 0.4) is 0 Å². The van der Waals surface area contributed by atoms with Crippen molar-refractivity contribution in [2.45, 2.75) is 97.9 Å². The second-order valence-electron chi connectivity index (χ2n) is 14.6. The van der Waals surface area contributed by atoms with Crippen molar-refractivity contribution in [3.05, 3.63) is 60.0 Å². The van der Waals surface area contributed by atoms with Crippen molar-refractivity contribution in [3.63, 3.8) is 0 Å². The minimum absolute atomic E-state index is 0.0289. The first-order chi connectivity index (χ1) is 23.5. The van der Waals surface area contributed by atoms with Crippen molar-refractivity contribution >= 4 is 40.4 Å². The molecule has 1 aliphatic rings. The van der Waals surface area contributed by atoms with Crippen molar-refractivity contribution in [2.24, 2.45) is 17.8 Å². The van der Waals surface area contributed by atoms with Crippen LogP contribution in [-0.4, -0.2) is 95.7 Å². The van der Waals surface area contributed by atoms with Crippen LogP contribution >= 0.6 is 0 Å². The largest absolute Gasteiger partial charge is 0.499 e. The maximum Gasteiger partial charge on any atom is 0.257 e. The van der Waals surface area contributed by atoms with Crippen LogP contribution in [0.2, 0.25) is 0 Å². The number of benzene rings is 1. The van der Waals surface area contributed by atoms with Crippen LogP contribution in [0.15, 0.2) is 54.4 Å². The molecule has 0 aliphatic carbocycles. The average Bonchev–Trinajstić information content (AvgIpc) is 3.61. The lowest BCUT2D eigenvalue weighted by Crippen LogP contribution is -2.57. The number of nitrogens with one attached hydrogen (secondary N) is 4. The molecular formula is C38H56N6O6. The van der Waals surface area contributed by atoms with E-state index in [1.54, 1.807) is 6.92 Å². The smallest absolute Gasteiger partial charge is 0.257 e. The second-order valence-corrected chi connectivity index (χ2v) is 14.6. The summed E-state index contributed by atoms with van der Waals surface area (Å²) in [5.74, 6) is -1.49. The molecule has 0 bridgehead atoms. The molecule has 5 amide bonds. The number of carbonyl (C=O) groups is 5. The van der Waals surface area contributed by atoms with Crippen molar-refractivity contribution in [1.29, 1.82) is 0 Å². The van der Waals surface area contributed by atoms with E-state index in [1.165, 1.54) is 25.3 Å². The fourth-order valence-corrected chi connectivity index (χ4v) is 6.41. The summed E-state index contributed by atoms with van der Waals surface area (Å²) in [6.45, 7) is 13.5. The molecule has 1 aromatic carbocycles. The van der Waals surface area contributed by atoms with E-state index in [2.05, 4.69) is 20.9 Å². The Labute approximate surface area is 296 Å². The van der Waals surface area contributed by atoms with E-state index >= 15 is 0 Å². The summed E-state index contributed by atoms with van der Waals surface area (Å²) in [7, 11) is 5.13. The van der Waals surface area contributed by atoms with Gasteiger partial charge in [-0.05, 0) is 74.7 Å². The number of imide groups is 1. The van der Waals surface area contributed by atoms with E-state index in [1.807, 2.05) is 91.0 Å². The van der Waals surface area contributed by atoms with Crippen LogP contribution in [0, 0.1) is 17.8 Å². The van der Waals surface area contributed by atoms with Gasteiger partial charge in [0, 0.05) is 36.3 Å². The first kappa shape index (κ1) is 40.0. The Morgan fingerprint density at radius 2 is 1.50 bits per heavy atom. The Balaban J connectivity index is 1.70. The molecule has 2 aromatic rings. The zero-order chi connectivity index (χ0) is 37.3. The van der Waals surface area contributed by atoms with Crippen LogP contribution in [0.1, 0.15) is 66.9 Å². The summed E-state index contributed by atoms with van der Waals surface area (Å²) in [5.41, 5.74) is 1.88. The quantitative estimate of drug-likeness (QED) is 0.185. The molecule has 0 saturated heterocycles. The molecule has 3 rings (SSSR count). The summed E-state index contributed by atoms with van der Waals surface area (Å²) in [6.07, 6.45) is 7.11. The van der Waals surface area contributed by atoms with E-state index in [-0.39, 0.29) is 23.7 Å². The number of methoxy groups -OCH3 is 1. The molecule has 12 heteroatoms. The lowest BCUT2D eigenvalue weighted by molar-refractivity contribution is -0.139. The fourth-order valence-electron chi connectivity index (χ4n) is 6.41. The van der Waals surface area contributed by atoms with E-state index in [9.17, 15) is 24.0 Å². The molecule has 12 nitrogen and oxygen atoms in total. The van der Waals surface area contributed by atoms with E-state index in [0.29, 0.717) is 25.0 Å². The van der Waals surface area contributed by atoms with Gasteiger partial charge in [-0.1, -0.05) is 59.8 Å². The monoisotopic (exact) mass is 692 g/mol. The Morgan fingerprint density at radius 3 is 2.06 bits per heavy atom. The number of fused-ring (bicyclic) bond motifs is 1. The average molecular weight is 693 g/mol. The summed E-state index contributed by atoms with van der Waals surface area (Å²) in [5, 5.41) is 9.73. The number of likely N-dealkylation sites (N-methyl/N-ethyl adjacent to an activating group) is 1. The minimum Gasteiger partial charge on any atom is -0.499 e. The van der Waals surface area contributed by atoms with Gasteiger partial charge in [0.1, 0.15) is 23.9 Å². The third-order valence-electron chi connectivity index (χ3n) is 8.70. The van der Waals surface area contributed by atoms with Gasteiger partial charge in [0.05, 0.1) is 13.2 Å². The molecule has 4 N–H and O–H groups in total. The Morgan fingerprint density at radius 1 is 0.900 bits per heavy atom. The summed E-state index contributed by atoms with van der Waals surface area (Å²) in [4.78, 5) is 72.8. The second kappa shape index (κ2) is 18.0. The molecular weight excluding hydrogens is 636 g/mol. The number of aromatic amines is 1. The highest BCUT2D eigenvalue weighted by Crippen LogP contribution is 2.26. The van der Waals surface area contributed by atoms with Gasteiger partial charge in [-0.3, -0.25) is 33.8 Å². The SMILES string of the molecule is COC1=CC(=O)N(C(=O)/C=C/[C@H](C)NC(=O)[C@H](CC(C)C)NC(=O)[C@H](CC(C)C)NC(=O)[C@H](C(C)C)N(C)C)[C@H]1Cc1ccc2cc[nH]c2c1. The van der Waals surface area contributed by atoms with E-state index in [4.69, 9.17) is 4.74 Å². The third kappa shape index (κ3) is 10.8. The highest BCUT2D eigenvalue weighted by Gasteiger charge is 2.38. The molecule has 5 atom stereocenters. The van der Waals surface area contributed by atoms with Crippen LogP contribution in [0.25, 0.3) is 10.9 Å². The maximum absolute atomic E-state index is 13.6. The molecule has 2 heterocycles. The highest BCUT2D eigenvalue weighted by molar-refractivity contribution is 6.08. The number of rotatable bonds is 17. The molecule has 50 heavy (non-hydrogen) atoms. The fraction of sp³-hybridized carbons (Fsp3) is 0.553. The predicted molar refractivity (Wildman–Crippen MR) is 195 cm³/mol. The first-order valence-electron chi connectivity index (χ1n) is 17.5. The summed E-state index contributed by atoms with van der Waals surface area (Å²) >= 11 is 0. The zero-order valence-electron chi connectivity index (χ0n) is 31.2. The van der Waals surface area contributed by atoms with E-state index < -0.39 is 53.8 Å². The normalized spacial score (nSPS) is 17.4. The van der Waals surface area contributed by atoms with Gasteiger partial charge in [-0.15, -0.1) is 0 Å². The topological polar surface area (TPSA) is 153 Å². The molecule has 0 unspecified atom stereocenters. The number of carbonyl (C=O) groups excluding carboxylic acids is 5. The van der Waals surface area contributed by atoms with Gasteiger partial charge in [0.15, 0.2) is 0 Å². The van der Waals surface area contributed by atoms with Gasteiger partial charge in [0.2, 0.25) is 17.7 Å². The number of ether oxygens (including phenoxy) is 1. The van der Waals surface area contributed by atoms with Crippen LogP contribution in [-0.2, 0) is 35.1 Å². The highest BCUT2D eigenvalue weighted by atomic mass is 16.5. The molecule has 0 saturated carbocycles. The van der Waals surface area contributed by atoms with Crippen molar-refractivity contribution in [1.82, 2.24) is 30.7 Å². The van der Waals surface area contributed by atoms with Crippen LogP contribution in [0.5, 0.6) is 0 Å². The first-order valence-corrected chi connectivity index (χ1v) is 17.5. The summed E-state index contributed by atoms with van der Waals surface area (Å²) in [6, 6.07) is 4.56. The standard InChI is InChI=1S/C38H56N6O6/c1-22(2)17-29(41-37(48)30(18-23(3)4)42-38(49)35(24(5)6)43(8)9)36(47)40-25(7)11-14-33(45)44-31(32(50-10)21-34(44)46)20-26-12-13-27-15-16-39-28(27)19-26/h11-16,19,21-25,29-31,35,39H,17-18,20H2,1-10H3,(H,40,47)(H,41,48)(H,42,49)/b14-11+/t25-,29-,30-,31-,35-/m0/s1. The van der Waals surface area contributed by atoms with E-state index in [0.717, 1.165) is 21.4 Å². The Kier molecular flexibility index (Phi) is 14.4. The van der Waals surface area contributed by atoms with Crippen molar-refractivity contribution in [2.75, 3.05) is 21.2 Å². The number of amides is 5.